The maximum Gasteiger partial charge on any atom is 0.265 e. The normalized spacial score (nSPS) is 12.6. The average molecular weight is 469 g/mol. The first-order chi connectivity index (χ1) is 16.7. The number of rotatable bonds is 6. The molecule has 7 heteroatoms. The predicted octanol–water partition coefficient (Wildman–Crippen LogP) is 4.89. The molecule has 4 aromatic rings. The highest BCUT2D eigenvalue weighted by molar-refractivity contribution is 7.12. The van der Waals surface area contributed by atoms with Crippen LogP contribution in [0.4, 0.5) is 11.4 Å². The fourth-order valence-corrected chi connectivity index (χ4v) is 4.77. The van der Waals surface area contributed by atoms with E-state index in [1.165, 1.54) is 22.5 Å². The molecule has 0 spiro atoms. The van der Waals surface area contributed by atoms with E-state index in [0.717, 1.165) is 30.8 Å². The summed E-state index contributed by atoms with van der Waals surface area (Å²) < 4.78 is 0. The Morgan fingerprint density at radius 3 is 2.65 bits per heavy atom. The third-order valence-corrected chi connectivity index (χ3v) is 6.76. The number of fused-ring (bicyclic) bond motifs is 1. The van der Waals surface area contributed by atoms with Gasteiger partial charge in [0.05, 0.1) is 10.4 Å². The van der Waals surface area contributed by atoms with E-state index in [1.807, 2.05) is 41.8 Å². The molecule has 2 aromatic carbocycles. The van der Waals surface area contributed by atoms with Crippen LogP contribution >= 0.6 is 11.3 Å². The lowest BCUT2D eigenvalue weighted by atomic mass is 9.98. The Morgan fingerprint density at radius 1 is 0.971 bits per heavy atom. The molecule has 2 aromatic heterocycles. The fourth-order valence-electron chi connectivity index (χ4n) is 4.15. The van der Waals surface area contributed by atoms with Gasteiger partial charge in [0.2, 0.25) is 0 Å². The summed E-state index contributed by atoms with van der Waals surface area (Å²) in [5, 5.41) is 7.79. The van der Waals surface area contributed by atoms with Crippen LogP contribution in [-0.4, -0.2) is 23.3 Å². The maximum atomic E-state index is 13.3. The summed E-state index contributed by atoms with van der Waals surface area (Å²) in [4.78, 5) is 32.9. The number of hydrogen-bond acceptors (Lipinski definition) is 5. The van der Waals surface area contributed by atoms with Gasteiger partial charge in [0.25, 0.3) is 11.8 Å². The van der Waals surface area contributed by atoms with E-state index in [2.05, 4.69) is 38.7 Å². The smallest absolute Gasteiger partial charge is 0.265 e. The van der Waals surface area contributed by atoms with Crippen molar-refractivity contribution >= 4 is 34.5 Å². The van der Waals surface area contributed by atoms with E-state index in [4.69, 9.17) is 0 Å². The number of carbonyl (C=O) groups is 2. The van der Waals surface area contributed by atoms with Gasteiger partial charge in [0.1, 0.15) is 0 Å². The zero-order chi connectivity index (χ0) is 23.3. The van der Waals surface area contributed by atoms with Crippen molar-refractivity contribution in [1.29, 1.82) is 0 Å². The van der Waals surface area contributed by atoms with Gasteiger partial charge >= 0.3 is 0 Å². The number of benzene rings is 2. The van der Waals surface area contributed by atoms with Gasteiger partial charge in [-0.1, -0.05) is 36.4 Å². The summed E-state index contributed by atoms with van der Waals surface area (Å²) in [7, 11) is 0. The van der Waals surface area contributed by atoms with Crippen molar-refractivity contribution in [2.24, 2.45) is 0 Å². The van der Waals surface area contributed by atoms with Crippen molar-refractivity contribution in [3.8, 4) is 0 Å². The Balaban J connectivity index is 1.42. The summed E-state index contributed by atoms with van der Waals surface area (Å²) in [6.45, 7) is 1.93. The molecule has 2 amide bonds. The Labute approximate surface area is 202 Å². The van der Waals surface area contributed by atoms with Crippen LogP contribution < -0.4 is 15.5 Å². The van der Waals surface area contributed by atoms with Crippen molar-refractivity contribution < 1.29 is 9.59 Å². The largest absolute Gasteiger partial charge is 0.366 e. The summed E-state index contributed by atoms with van der Waals surface area (Å²) in [6, 6.07) is 21.4. The first kappa shape index (κ1) is 21.9. The van der Waals surface area contributed by atoms with E-state index in [1.54, 1.807) is 24.5 Å². The number of pyridine rings is 1. The molecule has 2 N–H and O–H groups in total. The van der Waals surface area contributed by atoms with E-state index in [-0.39, 0.29) is 11.8 Å². The molecule has 5 rings (SSSR count). The summed E-state index contributed by atoms with van der Waals surface area (Å²) in [5.41, 5.74) is 5.52. The number of carbonyl (C=O) groups excluding carboxylic acids is 2. The third kappa shape index (κ3) is 4.84. The molecular weight excluding hydrogens is 444 g/mol. The minimum Gasteiger partial charge on any atom is -0.366 e. The molecule has 3 heterocycles. The Kier molecular flexibility index (Phi) is 6.35. The van der Waals surface area contributed by atoms with Crippen molar-refractivity contribution in [3.63, 3.8) is 0 Å². The molecule has 1 aliphatic rings. The number of aromatic nitrogens is 1. The third-order valence-electron chi connectivity index (χ3n) is 5.89. The van der Waals surface area contributed by atoms with E-state index >= 15 is 0 Å². The first-order valence-corrected chi connectivity index (χ1v) is 12.0. The van der Waals surface area contributed by atoms with Crippen molar-refractivity contribution in [3.05, 3.63) is 112 Å². The molecule has 0 saturated heterocycles. The van der Waals surface area contributed by atoms with Gasteiger partial charge in [-0.3, -0.25) is 14.6 Å². The van der Waals surface area contributed by atoms with Crippen LogP contribution in [0.25, 0.3) is 0 Å². The SMILES string of the molecule is O=C(Nc1ccc(N2CCc3ccccc3C2)c(C(=O)NCc2cccnc2)c1)c1cccs1. The predicted molar refractivity (Wildman–Crippen MR) is 135 cm³/mol. The number of thiophene rings is 1. The van der Waals surface area contributed by atoms with Gasteiger partial charge in [-0.05, 0) is 58.8 Å². The molecule has 0 radical (unpaired) electrons. The van der Waals surface area contributed by atoms with Gasteiger partial charge in [-0.25, -0.2) is 0 Å². The standard InChI is InChI=1S/C27H24N4O2S/c32-26(29-17-19-5-3-12-28-16-19)23-15-22(30-27(33)25-8-4-14-34-25)9-10-24(23)31-13-11-20-6-1-2-7-21(20)18-31/h1-10,12,14-16H,11,13,17-18H2,(H,29,32)(H,30,33). The minimum absolute atomic E-state index is 0.184. The summed E-state index contributed by atoms with van der Waals surface area (Å²) in [6.07, 6.45) is 4.36. The Morgan fingerprint density at radius 2 is 1.85 bits per heavy atom. The Hall–Kier alpha value is -3.97. The molecule has 0 unspecified atom stereocenters. The number of nitrogens with zero attached hydrogens (tertiary/aromatic N) is 2. The molecule has 170 valence electrons. The molecule has 0 saturated carbocycles. The number of hydrogen-bond donors (Lipinski definition) is 2. The minimum atomic E-state index is -0.190. The second-order valence-electron chi connectivity index (χ2n) is 8.15. The van der Waals surface area contributed by atoms with E-state index < -0.39 is 0 Å². The Bertz CT molecular complexity index is 1310. The van der Waals surface area contributed by atoms with Gasteiger partial charge in [-0.2, -0.15) is 0 Å². The van der Waals surface area contributed by atoms with Crippen molar-refractivity contribution in [1.82, 2.24) is 10.3 Å². The maximum absolute atomic E-state index is 13.3. The first-order valence-electron chi connectivity index (χ1n) is 11.1. The van der Waals surface area contributed by atoms with Crippen LogP contribution in [0.15, 0.2) is 84.5 Å². The summed E-state index contributed by atoms with van der Waals surface area (Å²) >= 11 is 1.38. The molecule has 34 heavy (non-hydrogen) atoms. The van der Waals surface area contributed by atoms with Gasteiger partial charge in [0.15, 0.2) is 0 Å². The average Bonchev–Trinajstić information content (AvgIpc) is 3.43. The lowest BCUT2D eigenvalue weighted by Gasteiger charge is -2.32. The lowest BCUT2D eigenvalue weighted by molar-refractivity contribution is 0.0950. The van der Waals surface area contributed by atoms with Crippen LogP contribution in [0.5, 0.6) is 0 Å². The van der Waals surface area contributed by atoms with E-state index in [0.29, 0.717) is 22.7 Å². The van der Waals surface area contributed by atoms with Crippen LogP contribution in [0, 0.1) is 0 Å². The van der Waals surface area contributed by atoms with Crippen LogP contribution in [0.2, 0.25) is 0 Å². The monoisotopic (exact) mass is 468 g/mol. The topological polar surface area (TPSA) is 74.3 Å². The highest BCUT2D eigenvalue weighted by Crippen LogP contribution is 2.30. The van der Waals surface area contributed by atoms with Gasteiger partial charge in [-0.15, -0.1) is 11.3 Å². The second kappa shape index (κ2) is 9.89. The molecular formula is C27H24N4O2S. The molecule has 0 aliphatic carbocycles. The fraction of sp³-hybridized carbons (Fsp3) is 0.148. The molecule has 1 aliphatic heterocycles. The molecule has 0 bridgehead atoms. The molecule has 0 fully saturated rings. The second-order valence-corrected chi connectivity index (χ2v) is 9.10. The lowest BCUT2D eigenvalue weighted by Crippen LogP contribution is -2.33. The number of nitrogens with one attached hydrogen (secondary N) is 2. The highest BCUT2D eigenvalue weighted by Gasteiger charge is 2.22. The van der Waals surface area contributed by atoms with Crippen molar-refractivity contribution in [2.75, 3.05) is 16.8 Å². The van der Waals surface area contributed by atoms with Crippen molar-refractivity contribution in [2.45, 2.75) is 19.5 Å². The van der Waals surface area contributed by atoms with E-state index in [9.17, 15) is 9.59 Å². The van der Waals surface area contributed by atoms with Crippen LogP contribution in [-0.2, 0) is 19.5 Å². The van der Waals surface area contributed by atoms with Crippen LogP contribution in [0.3, 0.4) is 0 Å². The van der Waals surface area contributed by atoms with Crippen LogP contribution in [0.1, 0.15) is 36.7 Å². The highest BCUT2D eigenvalue weighted by atomic mass is 32.1. The zero-order valence-corrected chi connectivity index (χ0v) is 19.3. The summed E-state index contributed by atoms with van der Waals surface area (Å²) in [5.74, 6) is -0.374. The molecule has 0 atom stereocenters. The number of amides is 2. The zero-order valence-electron chi connectivity index (χ0n) is 18.5. The number of anilines is 2. The van der Waals surface area contributed by atoms with Gasteiger partial charge in [0, 0.05) is 43.4 Å². The quantitative estimate of drug-likeness (QED) is 0.423. The van der Waals surface area contributed by atoms with Gasteiger partial charge < -0.3 is 15.5 Å². The molecule has 6 nitrogen and oxygen atoms in total.